The van der Waals surface area contributed by atoms with Gasteiger partial charge in [-0.3, -0.25) is 0 Å². The summed E-state index contributed by atoms with van der Waals surface area (Å²) in [5, 5.41) is 11.4. The van der Waals surface area contributed by atoms with E-state index in [2.05, 4.69) is 4.98 Å². The van der Waals surface area contributed by atoms with Crippen molar-refractivity contribution < 1.29 is 28.5 Å². The third kappa shape index (κ3) is 5.04. The molecule has 1 heterocycles. The second kappa shape index (κ2) is 10.2. The lowest BCUT2D eigenvalue weighted by atomic mass is 10.0. The second-order valence-electron chi connectivity index (χ2n) is 8.73. The van der Waals surface area contributed by atoms with E-state index in [1.807, 2.05) is 39.8 Å². The number of benzene rings is 3. The number of fused-ring (bicyclic) bond motifs is 1. The van der Waals surface area contributed by atoms with Gasteiger partial charge < -0.3 is 23.7 Å². The molecule has 0 unspecified atom stereocenters. The average molecular weight is 502 g/mol. The smallest absolute Gasteiger partial charge is 0.363 e. The lowest BCUT2D eigenvalue weighted by Crippen LogP contribution is -2.20. The highest BCUT2D eigenvalue weighted by molar-refractivity contribution is 6.23. The number of hydrogen-bond donors (Lipinski definition) is 1. The van der Waals surface area contributed by atoms with Crippen molar-refractivity contribution in [1.82, 2.24) is 4.98 Å². The van der Waals surface area contributed by atoms with Crippen molar-refractivity contribution in [3.05, 3.63) is 92.5 Å². The summed E-state index contributed by atoms with van der Waals surface area (Å²) in [4.78, 5) is 31.1. The Balaban J connectivity index is 1.96. The quantitative estimate of drug-likeness (QED) is 0.160. The van der Waals surface area contributed by atoms with Crippen molar-refractivity contribution in [2.45, 2.75) is 27.7 Å². The van der Waals surface area contributed by atoms with Gasteiger partial charge in [0.2, 0.25) is 0 Å². The fraction of sp³-hybridized carbons (Fsp3) is 0.207. The van der Waals surface area contributed by atoms with Gasteiger partial charge in [0.25, 0.3) is 0 Å². The van der Waals surface area contributed by atoms with Crippen LogP contribution in [0.3, 0.4) is 0 Å². The number of carbonyl (C=O) groups excluding carboxylic acids is 1. The maximum Gasteiger partial charge on any atom is 0.363 e. The van der Waals surface area contributed by atoms with Crippen LogP contribution in [0.25, 0.3) is 22.4 Å². The number of aliphatic hydroxyl groups is 1. The number of aromatic nitrogens is 1. The van der Waals surface area contributed by atoms with E-state index < -0.39 is 22.9 Å². The number of ether oxygens (including phenoxy) is 3. The minimum absolute atomic E-state index is 0.187. The summed E-state index contributed by atoms with van der Waals surface area (Å²) in [6.07, 6.45) is 0. The van der Waals surface area contributed by atoms with Gasteiger partial charge in [0.1, 0.15) is 22.6 Å². The third-order valence-electron chi connectivity index (χ3n) is 5.88. The zero-order chi connectivity index (χ0) is 26.9. The standard InChI is InChI=1S/C29H27NO7/c1-15-7-9-21-20(13-15)30-25(29(33)36-21)24(26(31)19-8-10-22(34-5)23(14-19)35-6)28(32)37-27-17(3)11-16(2)12-18(27)4/h7-14,31H,1-6H3. The van der Waals surface area contributed by atoms with Crippen LogP contribution >= 0.6 is 0 Å². The van der Waals surface area contributed by atoms with E-state index in [1.54, 1.807) is 24.3 Å². The van der Waals surface area contributed by atoms with E-state index in [9.17, 15) is 14.7 Å². The van der Waals surface area contributed by atoms with Gasteiger partial charge in [-0.2, -0.15) is 0 Å². The molecule has 3 aromatic carbocycles. The molecule has 0 radical (unpaired) electrons. The molecule has 0 bridgehead atoms. The molecule has 0 saturated heterocycles. The summed E-state index contributed by atoms with van der Waals surface area (Å²) in [5.74, 6) is -0.421. The second-order valence-corrected chi connectivity index (χ2v) is 8.73. The molecule has 0 aliphatic heterocycles. The van der Waals surface area contributed by atoms with Crippen molar-refractivity contribution in [1.29, 1.82) is 0 Å². The summed E-state index contributed by atoms with van der Waals surface area (Å²) in [6.45, 7) is 7.42. The molecular formula is C29H27NO7. The number of carbonyl (C=O) groups is 1. The Morgan fingerprint density at radius 1 is 0.865 bits per heavy atom. The van der Waals surface area contributed by atoms with Crippen LogP contribution in [-0.4, -0.2) is 30.3 Å². The lowest BCUT2D eigenvalue weighted by Gasteiger charge is -2.15. The van der Waals surface area contributed by atoms with E-state index >= 15 is 0 Å². The number of aliphatic hydroxyl groups excluding tert-OH is 1. The van der Waals surface area contributed by atoms with Gasteiger partial charge in [0.15, 0.2) is 22.8 Å². The summed E-state index contributed by atoms with van der Waals surface area (Å²) >= 11 is 0. The summed E-state index contributed by atoms with van der Waals surface area (Å²) in [7, 11) is 2.93. The Bertz CT molecular complexity index is 1590. The maximum atomic E-state index is 13.6. The Kier molecular flexibility index (Phi) is 7.02. The SMILES string of the molecule is COc1ccc(C(O)=C(C(=O)Oc2c(C)cc(C)cc2C)c2nc3cc(C)ccc3oc2=O)cc1OC. The maximum absolute atomic E-state index is 13.6. The summed E-state index contributed by atoms with van der Waals surface area (Å²) in [6, 6.07) is 13.4. The Morgan fingerprint density at radius 2 is 1.54 bits per heavy atom. The molecular weight excluding hydrogens is 474 g/mol. The van der Waals surface area contributed by atoms with Gasteiger partial charge in [0.05, 0.1) is 14.2 Å². The molecule has 1 N–H and O–H groups in total. The molecule has 1 aromatic heterocycles. The fourth-order valence-corrected chi connectivity index (χ4v) is 4.18. The van der Waals surface area contributed by atoms with Crippen LogP contribution in [0.4, 0.5) is 0 Å². The molecule has 4 aromatic rings. The monoisotopic (exact) mass is 501 g/mol. The van der Waals surface area contributed by atoms with Gasteiger partial charge in [-0.1, -0.05) is 23.8 Å². The van der Waals surface area contributed by atoms with E-state index in [1.165, 1.54) is 26.4 Å². The summed E-state index contributed by atoms with van der Waals surface area (Å²) < 4.78 is 21.8. The van der Waals surface area contributed by atoms with Crippen LogP contribution in [0, 0.1) is 27.7 Å². The third-order valence-corrected chi connectivity index (χ3v) is 5.88. The van der Waals surface area contributed by atoms with Crippen LogP contribution in [-0.2, 0) is 4.79 Å². The Labute approximate surface area is 213 Å². The number of aryl methyl sites for hydroxylation is 4. The fourth-order valence-electron chi connectivity index (χ4n) is 4.18. The number of esters is 1. The highest BCUT2D eigenvalue weighted by Gasteiger charge is 2.28. The normalized spacial score (nSPS) is 11.7. The molecule has 190 valence electrons. The van der Waals surface area contributed by atoms with Crippen molar-refractivity contribution in [2.24, 2.45) is 0 Å². The topological polar surface area (TPSA) is 108 Å². The van der Waals surface area contributed by atoms with E-state index in [-0.39, 0.29) is 16.8 Å². The van der Waals surface area contributed by atoms with E-state index in [0.717, 1.165) is 22.3 Å². The van der Waals surface area contributed by atoms with E-state index in [0.29, 0.717) is 22.8 Å². The van der Waals surface area contributed by atoms with Crippen molar-refractivity contribution in [3.8, 4) is 17.2 Å². The van der Waals surface area contributed by atoms with Crippen LogP contribution in [0.15, 0.2) is 57.7 Å². The highest BCUT2D eigenvalue weighted by Crippen LogP contribution is 2.33. The van der Waals surface area contributed by atoms with Crippen molar-refractivity contribution in [3.63, 3.8) is 0 Å². The number of methoxy groups -OCH3 is 2. The first kappa shape index (κ1) is 25.5. The Hall–Kier alpha value is -4.59. The number of rotatable bonds is 6. The first-order valence-electron chi connectivity index (χ1n) is 11.5. The molecule has 0 spiro atoms. The molecule has 0 amide bonds. The molecule has 0 aliphatic rings. The van der Waals surface area contributed by atoms with Gasteiger partial charge in [-0.05, 0) is 74.7 Å². The molecule has 4 rings (SSSR count). The first-order valence-corrected chi connectivity index (χ1v) is 11.5. The van der Waals surface area contributed by atoms with Crippen LogP contribution in [0.1, 0.15) is 33.5 Å². The molecule has 8 nitrogen and oxygen atoms in total. The number of nitrogens with zero attached hydrogens (tertiary/aromatic N) is 1. The van der Waals surface area contributed by atoms with Crippen LogP contribution in [0.2, 0.25) is 0 Å². The van der Waals surface area contributed by atoms with Crippen LogP contribution in [0.5, 0.6) is 17.2 Å². The van der Waals surface area contributed by atoms with Gasteiger partial charge in [-0.25, -0.2) is 14.6 Å². The predicted octanol–water partition coefficient (Wildman–Crippen LogP) is 5.47. The van der Waals surface area contributed by atoms with Gasteiger partial charge in [0, 0.05) is 5.56 Å². The Morgan fingerprint density at radius 3 is 2.19 bits per heavy atom. The minimum Gasteiger partial charge on any atom is -0.506 e. The number of hydrogen-bond acceptors (Lipinski definition) is 8. The van der Waals surface area contributed by atoms with Gasteiger partial charge >= 0.3 is 11.6 Å². The zero-order valence-electron chi connectivity index (χ0n) is 21.5. The molecule has 8 heteroatoms. The van der Waals surface area contributed by atoms with E-state index in [4.69, 9.17) is 18.6 Å². The minimum atomic E-state index is -0.964. The molecule has 0 atom stereocenters. The molecule has 0 saturated carbocycles. The van der Waals surface area contributed by atoms with Gasteiger partial charge in [-0.15, -0.1) is 0 Å². The summed E-state index contributed by atoms with van der Waals surface area (Å²) in [5.41, 5.74) is 2.41. The van der Waals surface area contributed by atoms with Crippen molar-refractivity contribution >= 4 is 28.4 Å². The zero-order valence-corrected chi connectivity index (χ0v) is 21.5. The lowest BCUT2D eigenvalue weighted by molar-refractivity contribution is -0.128. The first-order chi connectivity index (χ1) is 17.6. The molecule has 0 fully saturated rings. The highest BCUT2D eigenvalue weighted by atomic mass is 16.5. The van der Waals surface area contributed by atoms with Crippen molar-refractivity contribution in [2.75, 3.05) is 14.2 Å². The predicted molar refractivity (Wildman–Crippen MR) is 140 cm³/mol. The largest absolute Gasteiger partial charge is 0.506 e. The molecule has 0 aliphatic carbocycles. The average Bonchev–Trinajstić information content (AvgIpc) is 2.86. The van der Waals surface area contributed by atoms with Crippen LogP contribution < -0.4 is 19.8 Å². The molecule has 37 heavy (non-hydrogen) atoms.